The first-order valence-corrected chi connectivity index (χ1v) is 5.46. The molecule has 0 aromatic carbocycles. The molecule has 0 radical (unpaired) electrons. The van der Waals surface area contributed by atoms with Gasteiger partial charge in [-0.25, -0.2) is 0 Å². The number of ketones is 1. The Labute approximate surface area is 93.6 Å². The van der Waals surface area contributed by atoms with Crippen LogP contribution in [0.5, 0.6) is 0 Å². The molecule has 0 atom stereocenters. The largest absolute Gasteiger partial charge is 0.378 e. The van der Waals surface area contributed by atoms with Crippen molar-refractivity contribution in [2.45, 2.75) is 19.8 Å². The highest BCUT2D eigenvalue weighted by molar-refractivity contribution is 5.79. The first-order chi connectivity index (χ1) is 7.79. The van der Waals surface area contributed by atoms with Crippen molar-refractivity contribution in [2.24, 2.45) is 0 Å². The average Bonchev–Trinajstić information content (AvgIpc) is 2.78. The minimum atomic E-state index is 0.108. The Bertz CT molecular complexity index is 358. The number of carbonyl (C=O) groups excluding carboxylic acids is 1. The van der Waals surface area contributed by atoms with Crippen LogP contribution >= 0.6 is 0 Å². The minimum absolute atomic E-state index is 0.108. The van der Waals surface area contributed by atoms with Crippen LogP contribution in [0.3, 0.4) is 0 Å². The number of hydrogen-bond donors (Lipinski definition) is 0. The van der Waals surface area contributed by atoms with Crippen molar-refractivity contribution in [1.82, 2.24) is 10.1 Å². The molecule has 2 rings (SSSR count). The molecule has 1 aliphatic heterocycles. The van der Waals surface area contributed by atoms with E-state index in [0.717, 1.165) is 13.1 Å². The van der Waals surface area contributed by atoms with Gasteiger partial charge in [-0.15, -0.1) is 0 Å². The molecular formula is C10H15N3O3. The second kappa shape index (κ2) is 5.07. The van der Waals surface area contributed by atoms with Crippen LogP contribution in [0.25, 0.3) is 0 Å². The fourth-order valence-electron chi connectivity index (χ4n) is 1.50. The molecule has 1 saturated heterocycles. The van der Waals surface area contributed by atoms with Gasteiger partial charge in [-0.2, -0.15) is 4.98 Å². The number of rotatable bonds is 4. The number of Topliss-reactive ketones (excluding diaryl/α,β-unsaturated/α-hetero) is 1. The first kappa shape index (κ1) is 11.1. The second-order valence-electron chi connectivity index (χ2n) is 3.66. The molecule has 0 aliphatic carbocycles. The third-order valence-corrected chi connectivity index (χ3v) is 2.49. The lowest BCUT2D eigenvalue weighted by atomic mass is 10.2. The highest BCUT2D eigenvalue weighted by Gasteiger charge is 2.17. The van der Waals surface area contributed by atoms with Crippen LogP contribution < -0.4 is 4.90 Å². The fraction of sp³-hybridized carbons (Fsp3) is 0.700. The Morgan fingerprint density at radius 2 is 2.19 bits per heavy atom. The minimum Gasteiger partial charge on any atom is -0.378 e. The normalized spacial score (nSPS) is 16.4. The van der Waals surface area contributed by atoms with Crippen LogP contribution in [-0.2, 0) is 16.0 Å². The van der Waals surface area contributed by atoms with E-state index in [9.17, 15) is 4.79 Å². The van der Waals surface area contributed by atoms with Gasteiger partial charge in [-0.05, 0) is 5.16 Å². The van der Waals surface area contributed by atoms with Crippen molar-refractivity contribution in [3.8, 4) is 0 Å². The van der Waals surface area contributed by atoms with E-state index >= 15 is 0 Å². The summed E-state index contributed by atoms with van der Waals surface area (Å²) in [4.78, 5) is 17.4. The summed E-state index contributed by atoms with van der Waals surface area (Å²) < 4.78 is 10.3. The topological polar surface area (TPSA) is 68.5 Å². The van der Waals surface area contributed by atoms with E-state index in [1.807, 2.05) is 11.8 Å². The molecule has 0 N–H and O–H groups in total. The number of nitrogens with zero attached hydrogens (tertiary/aromatic N) is 3. The fourth-order valence-corrected chi connectivity index (χ4v) is 1.50. The molecule has 1 fully saturated rings. The summed E-state index contributed by atoms with van der Waals surface area (Å²) in [5.74, 6) is 1.06. The predicted octanol–water partition coefficient (Wildman–Crippen LogP) is 0.428. The second-order valence-corrected chi connectivity index (χ2v) is 3.66. The molecule has 0 spiro atoms. The maximum Gasteiger partial charge on any atom is 0.266 e. The van der Waals surface area contributed by atoms with Gasteiger partial charge in [0, 0.05) is 19.5 Å². The summed E-state index contributed by atoms with van der Waals surface area (Å²) in [7, 11) is 0. The molecular weight excluding hydrogens is 210 g/mol. The Morgan fingerprint density at radius 3 is 2.88 bits per heavy atom. The number of aromatic nitrogens is 2. The van der Waals surface area contributed by atoms with Crippen molar-refractivity contribution in [3.05, 3.63) is 5.89 Å². The van der Waals surface area contributed by atoms with Gasteiger partial charge in [0.05, 0.1) is 19.6 Å². The molecule has 88 valence electrons. The molecule has 0 unspecified atom stereocenters. The molecule has 6 heteroatoms. The Hall–Kier alpha value is -1.43. The van der Waals surface area contributed by atoms with Crippen LogP contribution in [0.2, 0.25) is 0 Å². The number of carbonyl (C=O) groups is 1. The zero-order valence-corrected chi connectivity index (χ0v) is 9.31. The number of ether oxygens (including phenoxy) is 1. The van der Waals surface area contributed by atoms with Gasteiger partial charge in [0.1, 0.15) is 5.78 Å². The van der Waals surface area contributed by atoms with Crippen LogP contribution in [0.4, 0.5) is 5.95 Å². The van der Waals surface area contributed by atoms with Crippen LogP contribution in [0, 0.1) is 0 Å². The molecule has 1 aromatic rings. The smallest absolute Gasteiger partial charge is 0.266 e. The average molecular weight is 225 g/mol. The summed E-state index contributed by atoms with van der Waals surface area (Å²) in [5, 5.41) is 3.86. The first-order valence-electron chi connectivity index (χ1n) is 5.46. The Morgan fingerprint density at radius 1 is 1.44 bits per heavy atom. The predicted molar refractivity (Wildman–Crippen MR) is 56.3 cm³/mol. The lowest BCUT2D eigenvalue weighted by Gasteiger charge is -2.24. The maximum atomic E-state index is 11.2. The third kappa shape index (κ3) is 2.57. The molecule has 2 heterocycles. The summed E-state index contributed by atoms with van der Waals surface area (Å²) in [6.07, 6.45) is 0.725. The standard InChI is InChI=1S/C10H15N3O3/c1-2-8(14)7-9-11-10(12-16-9)13-3-5-15-6-4-13/h2-7H2,1H3. The van der Waals surface area contributed by atoms with E-state index in [2.05, 4.69) is 10.1 Å². The molecule has 0 saturated carbocycles. The summed E-state index contributed by atoms with van der Waals surface area (Å²) in [5.41, 5.74) is 0. The SMILES string of the molecule is CCC(=O)Cc1nc(N2CCOCC2)no1. The van der Waals surface area contributed by atoms with Crippen molar-refractivity contribution < 1.29 is 14.1 Å². The third-order valence-electron chi connectivity index (χ3n) is 2.49. The van der Waals surface area contributed by atoms with Crippen molar-refractivity contribution in [2.75, 3.05) is 31.2 Å². The number of hydrogen-bond acceptors (Lipinski definition) is 6. The molecule has 0 bridgehead atoms. The van der Waals surface area contributed by atoms with Crippen LogP contribution in [-0.4, -0.2) is 42.2 Å². The zero-order valence-electron chi connectivity index (χ0n) is 9.31. The lowest BCUT2D eigenvalue weighted by molar-refractivity contribution is -0.118. The van der Waals surface area contributed by atoms with Crippen LogP contribution in [0.1, 0.15) is 19.2 Å². The monoisotopic (exact) mass is 225 g/mol. The van der Waals surface area contributed by atoms with Crippen molar-refractivity contribution in [1.29, 1.82) is 0 Å². The molecule has 1 aliphatic rings. The lowest BCUT2D eigenvalue weighted by Crippen LogP contribution is -2.36. The summed E-state index contributed by atoms with van der Waals surface area (Å²) in [6.45, 7) is 4.71. The quantitative estimate of drug-likeness (QED) is 0.740. The summed E-state index contributed by atoms with van der Waals surface area (Å²) >= 11 is 0. The van der Waals surface area contributed by atoms with E-state index in [4.69, 9.17) is 9.26 Å². The molecule has 1 aromatic heterocycles. The van der Waals surface area contributed by atoms with Gasteiger partial charge in [-0.3, -0.25) is 4.79 Å². The van der Waals surface area contributed by atoms with Crippen molar-refractivity contribution in [3.63, 3.8) is 0 Å². The highest BCUT2D eigenvalue weighted by Crippen LogP contribution is 2.11. The van der Waals surface area contributed by atoms with Crippen LogP contribution in [0.15, 0.2) is 4.52 Å². The van der Waals surface area contributed by atoms with Gasteiger partial charge in [0.2, 0.25) is 5.89 Å². The van der Waals surface area contributed by atoms with Gasteiger partial charge in [-0.1, -0.05) is 6.92 Å². The van der Waals surface area contributed by atoms with E-state index in [1.165, 1.54) is 0 Å². The Kier molecular flexibility index (Phi) is 3.51. The molecule has 16 heavy (non-hydrogen) atoms. The maximum absolute atomic E-state index is 11.2. The van der Waals surface area contributed by atoms with Gasteiger partial charge < -0.3 is 14.2 Å². The Balaban J connectivity index is 1.98. The van der Waals surface area contributed by atoms with Crippen molar-refractivity contribution >= 4 is 11.7 Å². The van der Waals surface area contributed by atoms with E-state index < -0.39 is 0 Å². The van der Waals surface area contributed by atoms with E-state index in [-0.39, 0.29) is 12.2 Å². The van der Waals surface area contributed by atoms with Gasteiger partial charge in [0.25, 0.3) is 5.95 Å². The highest BCUT2D eigenvalue weighted by atomic mass is 16.5. The van der Waals surface area contributed by atoms with E-state index in [0.29, 0.717) is 31.5 Å². The summed E-state index contributed by atoms with van der Waals surface area (Å²) in [6, 6.07) is 0. The van der Waals surface area contributed by atoms with Gasteiger partial charge in [0.15, 0.2) is 0 Å². The number of morpholine rings is 1. The zero-order chi connectivity index (χ0) is 11.4. The molecule has 0 amide bonds. The molecule has 6 nitrogen and oxygen atoms in total. The van der Waals surface area contributed by atoms with E-state index in [1.54, 1.807) is 0 Å². The number of anilines is 1. The van der Waals surface area contributed by atoms with Gasteiger partial charge >= 0.3 is 0 Å².